The van der Waals surface area contributed by atoms with Crippen LogP contribution in [0.4, 0.5) is 22.0 Å². The van der Waals surface area contributed by atoms with Crippen LogP contribution in [0, 0.1) is 11.6 Å². The van der Waals surface area contributed by atoms with E-state index in [4.69, 9.17) is 9.97 Å². The van der Waals surface area contributed by atoms with Gasteiger partial charge in [0.1, 0.15) is 11.6 Å². The topological polar surface area (TPSA) is 35.6 Å². The van der Waals surface area contributed by atoms with Crippen LogP contribution in [-0.4, -0.2) is 19.1 Å². The van der Waals surface area contributed by atoms with Gasteiger partial charge in [-0.2, -0.15) is 13.2 Å². The van der Waals surface area contributed by atoms with Gasteiger partial charge in [-0.25, -0.2) is 8.78 Å². The molecule has 0 spiro atoms. The Hall–Kier alpha value is -8.69. The van der Waals surface area contributed by atoms with Crippen molar-refractivity contribution in [3.8, 4) is 67.3 Å². The zero-order valence-corrected chi connectivity index (χ0v) is 35.9. The van der Waals surface area contributed by atoms with Crippen molar-refractivity contribution in [1.82, 2.24) is 19.1 Å². The van der Waals surface area contributed by atoms with Crippen LogP contribution < -0.4 is 0 Å². The maximum Gasteiger partial charge on any atom is 0.418 e. The lowest BCUT2D eigenvalue weighted by Gasteiger charge is -2.22. The summed E-state index contributed by atoms with van der Waals surface area (Å²) in [4.78, 5) is 9.45. The second-order valence-electron chi connectivity index (χ2n) is 16.7. The molecular weight excluding hydrogens is 860 g/mol. The largest absolute Gasteiger partial charge is 0.418 e. The summed E-state index contributed by atoms with van der Waals surface area (Å²) in [6, 6.07) is 59.1. The Kier molecular flexibility index (Phi) is 9.62. The molecule has 0 atom stereocenters. The third-order valence-electron chi connectivity index (χ3n) is 12.8. The molecule has 0 radical (unpaired) electrons. The first-order valence-electron chi connectivity index (χ1n) is 22.0. The zero-order chi connectivity index (χ0) is 46.1. The fourth-order valence-corrected chi connectivity index (χ4v) is 9.64. The second-order valence-corrected chi connectivity index (χ2v) is 16.7. The molecule has 0 aliphatic heterocycles. The standard InChI is InChI=1S/C59H35F5N4/c60-48-18-11-19-49(61)58(48)46-32-57(68-53-21-10-8-17-43(53)45-27-23-39(31-55(45)68)41-25-29-51(66-35-41)37-14-5-2-6-15-37)47(59(62,63)64)33-56(46)67-52-20-9-7-16-42(52)44-26-22-38(30-54(44)67)40-24-28-50(65-34-40)36-12-3-1-4-13-36/h1-35H. The first kappa shape index (κ1) is 40.8. The van der Waals surface area contributed by atoms with Gasteiger partial charge in [0.05, 0.1) is 56.0 Å². The highest BCUT2D eigenvalue weighted by atomic mass is 19.4. The number of halogens is 5. The zero-order valence-electron chi connectivity index (χ0n) is 35.9. The number of hydrogen-bond acceptors (Lipinski definition) is 2. The number of rotatable bonds is 7. The van der Waals surface area contributed by atoms with E-state index in [1.807, 2.05) is 152 Å². The van der Waals surface area contributed by atoms with E-state index in [0.29, 0.717) is 32.8 Å². The Morgan fingerprint density at radius 3 is 1.26 bits per heavy atom. The van der Waals surface area contributed by atoms with E-state index in [2.05, 4.69) is 0 Å². The highest BCUT2D eigenvalue weighted by Crippen LogP contribution is 2.46. The maximum absolute atomic E-state index is 16.4. The van der Waals surface area contributed by atoms with E-state index in [1.165, 1.54) is 12.1 Å². The summed E-state index contributed by atoms with van der Waals surface area (Å²) in [6.07, 6.45) is -1.42. The minimum atomic E-state index is -4.93. The van der Waals surface area contributed by atoms with E-state index >= 15 is 22.0 Å². The van der Waals surface area contributed by atoms with Gasteiger partial charge in [-0.05, 0) is 71.8 Å². The number of nitrogens with zero attached hydrogens (tertiary/aromatic N) is 4. The Balaban J connectivity index is 1.12. The molecule has 0 unspecified atom stereocenters. The molecule has 0 amide bonds. The highest BCUT2D eigenvalue weighted by molar-refractivity contribution is 6.12. The van der Waals surface area contributed by atoms with Crippen LogP contribution >= 0.6 is 0 Å². The van der Waals surface area contributed by atoms with E-state index in [1.54, 1.807) is 39.7 Å². The van der Waals surface area contributed by atoms with Gasteiger partial charge in [-0.3, -0.25) is 9.97 Å². The van der Waals surface area contributed by atoms with Crippen molar-refractivity contribution in [3.05, 3.63) is 230 Å². The third kappa shape index (κ3) is 6.81. The monoisotopic (exact) mass is 894 g/mol. The lowest BCUT2D eigenvalue weighted by Crippen LogP contribution is -2.13. The van der Waals surface area contributed by atoms with Crippen molar-refractivity contribution < 1.29 is 22.0 Å². The second kappa shape index (κ2) is 16.0. The van der Waals surface area contributed by atoms with Crippen molar-refractivity contribution in [2.45, 2.75) is 6.18 Å². The highest BCUT2D eigenvalue weighted by Gasteiger charge is 2.37. The molecule has 9 heteroatoms. The normalized spacial score (nSPS) is 11.9. The molecular formula is C59H35F5N4. The third-order valence-corrected chi connectivity index (χ3v) is 12.8. The van der Waals surface area contributed by atoms with Crippen molar-refractivity contribution in [1.29, 1.82) is 0 Å². The van der Waals surface area contributed by atoms with Gasteiger partial charge in [-0.1, -0.05) is 140 Å². The molecule has 8 aromatic carbocycles. The Bertz CT molecular complexity index is 3870. The summed E-state index contributed by atoms with van der Waals surface area (Å²) in [6.45, 7) is 0. The predicted octanol–water partition coefficient (Wildman–Crippen LogP) is 16.3. The Morgan fingerprint density at radius 1 is 0.353 bits per heavy atom. The molecule has 0 saturated carbocycles. The average Bonchev–Trinajstić information content (AvgIpc) is 3.88. The summed E-state index contributed by atoms with van der Waals surface area (Å²) in [5.74, 6) is -1.84. The van der Waals surface area contributed by atoms with Crippen LogP contribution in [0.3, 0.4) is 0 Å². The number of aromatic nitrogens is 4. The van der Waals surface area contributed by atoms with Gasteiger partial charge in [0.15, 0.2) is 0 Å². The van der Waals surface area contributed by atoms with E-state index in [-0.39, 0.29) is 16.9 Å². The lowest BCUT2D eigenvalue weighted by atomic mass is 9.97. The Morgan fingerprint density at radius 2 is 0.794 bits per heavy atom. The van der Waals surface area contributed by atoms with Crippen molar-refractivity contribution in [2.75, 3.05) is 0 Å². The molecule has 4 aromatic heterocycles. The summed E-state index contributed by atoms with van der Waals surface area (Å²) in [5, 5.41) is 2.92. The minimum absolute atomic E-state index is 0.0444. The molecule has 4 heterocycles. The van der Waals surface area contributed by atoms with Crippen LogP contribution in [0.5, 0.6) is 0 Å². The maximum atomic E-state index is 16.4. The fraction of sp³-hybridized carbons (Fsp3) is 0.0169. The van der Waals surface area contributed by atoms with Crippen LogP contribution in [-0.2, 0) is 6.18 Å². The van der Waals surface area contributed by atoms with Crippen LogP contribution in [0.2, 0.25) is 0 Å². The Labute approximate surface area is 386 Å². The molecule has 0 aliphatic carbocycles. The van der Waals surface area contributed by atoms with E-state index in [9.17, 15) is 0 Å². The van der Waals surface area contributed by atoms with Crippen molar-refractivity contribution in [3.63, 3.8) is 0 Å². The molecule has 12 aromatic rings. The first-order valence-corrected chi connectivity index (χ1v) is 22.0. The molecule has 0 fully saturated rings. The fourth-order valence-electron chi connectivity index (χ4n) is 9.64. The van der Waals surface area contributed by atoms with Gasteiger partial charge in [0.25, 0.3) is 0 Å². The number of para-hydroxylation sites is 2. The molecule has 0 aliphatic rings. The smallest absolute Gasteiger partial charge is 0.309 e. The van der Waals surface area contributed by atoms with E-state index < -0.39 is 28.9 Å². The number of hydrogen-bond donors (Lipinski definition) is 0. The molecule has 326 valence electrons. The van der Waals surface area contributed by atoms with Crippen LogP contribution in [0.25, 0.3) is 111 Å². The van der Waals surface area contributed by atoms with Crippen LogP contribution in [0.1, 0.15) is 5.56 Å². The molecule has 0 saturated heterocycles. The molecule has 4 nitrogen and oxygen atoms in total. The number of benzene rings is 8. The predicted molar refractivity (Wildman–Crippen MR) is 263 cm³/mol. The quantitative estimate of drug-likeness (QED) is 0.149. The first-order chi connectivity index (χ1) is 33.2. The van der Waals surface area contributed by atoms with Crippen molar-refractivity contribution >= 4 is 43.6 Å². The van der Waals surface area contributed by atoms with Gasteiger partial charge in [0, 0.05) is 61.8 Å². The summed E-state index contributed by atoms with van der Waals surface area (Å²) in [5.41, 5.74) is 6.74. The van der Waals surface area contributed by atoms with Gasteiger partial charge in [0.2, 0.25) is 0 Å². The summed E-state index contributed by atoms with van der Waals surface area (Å²) < 4.78 is 84.6. The number of alkyl halides is 3. The molecule has 68 heavy (non-hydrogen) atoms. The van der Waals surface area contributed by atoms with Gasteiger partial charge >= 0.3 is 6.18 Å². The molecule has 0 bridgehead atoms. The SMILES string of the molecule is Fc1cccc(F)c1-c1cc(-n2c3ccccc3c3ccc(-c4ccc(-c5ccccc5)nc4)cc32)c(C(F)(F)F)cc1-n1c2ccccc2c2ccc(-c3ccc(-c4ccccc4)nc3)cc21. The number of pyridine rings is 2. The molecule has 0 N–H and O–H groups in total. The minimum Gasteiger partial charge on any atom is -0.309 e. The summed E-state index contributed by atoms with van der Waals surface area (Å²) >= 11 is 0. The van der Waals surface area contributed by atoms with Gasteiger partial charge in [-0.15, -0.1) is 0 Å². The molecule has 12 rings (SSSR count). The van der Waals surface area contributed by atoms with Crippen molar-refractivity contribution in [2.24, 2.45) is 0 Å². The van der Waals surface area contributed by atoms with Crippen LogP contribution in [0.15, 0.2) is 213 Å². The average molecular weight is 895 g/mol. The lowest BCUT2D eigenvalue weighted by molar-refractivity contribution is -0.137. The summed E-state index contributed by atoms with van der Waals surface area (Å²) in [7, 11) is 0. The van der Waals surface area contributed by atoms with E-state index in [0.717, 1.165) is 73.7 Å². The number of fused-ring (bicyclic) bond motifs is 6. The van der Waals surface area contributed by atoms with Gasteiger partial charge < -0.3 is 9.13 Å².